The first-order valence-corrected chi connectivity index (χ1v) is 9.20. The first-order chi connectivity index (χ1) is 11.7. The highest BCUT2D eigenvalue weighted by Gasteiger charge is 2.24. The lowest BCUT2D eigenvalue weighted by atomic mass is 9.94. The third-order valence-corrected chi connectivity index (χ3v) is 5.13. The van der Waals surface area contributed by atoms with Crippen LogP contribution in [0.2, 0.25) is 0 Å². The summed E-state index contributed by atoms with van der Waals surface area (Å²) >= 11 is 0. The number of amides is 1. The van der Waals surface area contributed by atoms with Gasteiger partial charge in [-0.05, 0) is 44.4 Å². The van der Waals surface area contributed by atoms with Crippen molar-refractivity contribution in [2.24, 2.45) is 5.92 Å². The van der Waals surface area contributed by atoms with Gasteiger partial charge in [0, 0.05) is 45.3 Å². The van der Waals surface area contributed by atoms with Crippen LogP contribution in [0.4, 0.5) is 0 Å². The number of carbonyl (C=O) groups excluding carboxylic acids is 1. The van der Waals surface area contributed by atoms with E-state index in [9.17, 15) is 4.79 Å². The lowest BCUT2D eigenvalue weighted by Crippen LogP contribution is -2.39. The van der Waals surface area contributed by atoms with Gasteiger partial charge in [-0.25, -0.2) is 0 Å². The first kappa shape index (κ1) is 17.1. The quantitative estimate of drug-likeness (QED) is 0.808. The molecule has 3 rings (SSSR count). The largest absolute Gasteiger partial charge is 0.396 e. The van der Waals surface area contributed by atoms with Gasteiger partial charge >= 0.3 is 0 Å². The van der Waals surface area contributed by atoms with E-state index in [-0.39, 0.29) is 6.61 Å². The Morgan fingerprint density at radius 1 is 1.29 bits per heavy atom. The number of aliphatic hydroxyl groups is 1. The number of hydrogen-bond acceptors (Lipinski definition) is 4. The van der Waals surface area contributed by atoms with Gasteiger partial charge in [0.1, 0.15) is 0 Å². The highest BCUT2D eigenvalue weighted by Crippen LogP contribution is 2.23. The molecule has 2 heterocycles. The fraction of sp³-hybridized carbons (Fsp3) is 0.722. The van der Waals surface area contributed by atoms with Crippen molar-refractivity contribution in [2.45, 2.75) is 57.9 Å². The average Bonchev–Trinajstić information content (AvgIpc) is 3.04. The Morgan fingerprint density at radius 2 is 2.12 bits per heavy atom. The van der Waals surface area contributed by atoms with Crippen LogP contribution in [0, 0.1) is 5.92 Å². The molecule has 1 aliphatic carbocycles. The predicted octanol–water partition coefficient (Wildman–Crippen LogP) is 1.94. The van der Waals surface area contributed by atoms with E-state index in [1.165, 1.54) is 18.4 Å². The van der Waals surface area contributed by atoms with Crippen LogP contribution in [-0.2, 0) is 17.8 Å². The first-order valence-electron chi connectivity index (χ1n) is 9.20. The Hall–Kier alpha value is -1.69. The van der Waals surface area contributed by atoms with Gasteiger partial charge in [0.2, 0.25) is 5.91 Å². The topological polar surface area (TPSA) is 71.2 Å². The van der Waals surface area contributed by atoms with Crippen molar-refractivity contribution < 1.29 is 9.90 Å². The Morgan fingerprint density at radius 3 is 2.83 bits per heavy atom. The van der Waals surface area contributed by atoms with Gasteiger partial charge in [0.15, 0.2) is 0 Å². The maximum absolute atomic E-state index is 12.4. The summed E-state index contributed by atoms with van der Waals surface area (Å²) in [5.41, 5.74) is 2.18. The van der Waals surface area contributed by atoms with Crippen LogP contribution in [0.25, 0.3) is 0 Å². The number of carbonyl (C=O) groups is 1. The van der Waals surface area contributed by atoms with Crippen molar-refractivity contribution in [3.8, 4) is 0 Å². The summed E-state index contributed by atoms with van der Waals surface area (Å²) in [7, 11) is 0. The van der Waals surface area contributed by atoms with Crippen LogP contribution in [0.1, 0.15) is 50.6 Å². The van der Waals surface area contributed by atoms with Crippen molar-refractivity contribution in [1.29, 1.82) is 0 Å². The molecule has 1 aromatic heterocycles. The highest BCUT2D eigenvalue weighted by atomic mass is 16.3. The third kappa shape index (κ3) is 4.66. The number of rotatable bonds is 6. The van der Waals surface area contributed by atoms with Crippen LogP contribution in [0.3, 0.4) is 0 Å². The zero-order chi connectivity index (χ0) is 16.8. The van der Waals surface area contributed by atoms with Crippen molar-refractivity contribution in [2.75, 3.05) is 19.7 Å². The average molecular weight is 332 g/mol. The predicted molar refractivity (Wildman–Crippen MR) is 91.3 cm³/mol. The number of aromatic nitrogens is 3. The van der Waals surface area contributed by atoms with E-state index in [1.807, 2.05) is 15.8 Å². The second-order valence-electron chi connectivity index (χ2n) is 7.01. The fourth-order valence-corrected chi connectivity index (χ4v) is 3.66. The Kier molecular flexibility index (Phi) is 6.01. The van der Waals surface area contributed by atoms with E-state index in [0.717, 1.165) is 51.0 Å². The van der Waals surface area contributed by atoms with Gasteiger partial charge in [-0.15, -0.1) is 5.10 Å². The zero-order valence-corrected chi connectivity index (χ0v) is 14.4. The minimum atomic E-state index is 0.107. The molecule has 1 N–H and O–H groups in total. The molecule has 0 atom stereocenters. The molecule has 0 unspecified atom stereocenters. The summed E-state index contributed by atoms with van der Waals surface area (Å²) in [6.45, 7) is 2.67. The molecule has 1 aliphatic heterocycles. The van der Waals surface area contributed by atoms with Crippen molar-refractivity contribution >= 4 is 5.91 Å². The molecule has 1 aromatic rings. The summed E-state index contributed by atoms with van der Waals surface area (Å²) in [4.78, 5) is 14.5. The molecule has 1 amide bonds. The van der Waals surface area contributed by atoms with Crippen LogP contribution >= 0.6 is 0 Å². The monoisotopic (exact) mass is 332 g/mol. The molecule has 2 aliphatic rings. The number of nitrogens with zero attached hydrogens (tertiary/aromatic N) is 4. The lowest BCUT2D eigenvalue weighted by Gasteiger charge is -2.32. The minimum absolute atomic E-state index is 0.107. The lowest BCUT2D eigenvalue weighted by molar-refractivity contribution is -0.131. The van der Waals surface area contributed by atoms with Gasteiger partial charge in [0.25, 0.3) is 0 Å². The maximum atomic E-state index is 12.4. The van der Waals surface area contributed by atoms with E-state index in [4.69, 9.17) is 5.11 Å². The molecule has 1 saturated heterocycles. The smallest absolute Gasteiger partial charge is 0.226 e. The summed E-state index contributed by atoms with van der Waals surface area (Å²) in [5.74, 6) is 0.846. The molecule has 0 saturated carbocycles. The number of likely N-dealkylation sites (tertiary alicyclic amines) is 1. The van der Waals surface area contributed by atoms with Crippen LogP contribution in [0.5, 0.6) is 0 Å². The van der Waals surface area contributed by atoms with Crippen LogP contribution in [-0.4, -0.2) is 50.6 Å². The van der Waals surface area contributed by atoms with E-state index < -0.39 is 0 Å². The Balaban J connectivity index is 1.43. The van der Waals surface area contributed by atoms with Crippen LogP contribution in [0.15, 0.2) is 17.8 Å². The number of allylic oxidation sites excluding steroid dienone is 1. The van der Waals surface area contributed by atoms with Gasteiger partial charge in [-0.2, -0.15) is 0 Å². The maximum Gasteiger partial charge on any atom is 0.226 e. The van der Waals surface area contributed by atoms with E-state index in [2.05, 4.69) is 16.4 Å². The summed E-state index contributed by atoms with van der Waals surface area (Å²) in [5, 5.41) is 17.1. The standard InChI is InChI=1S/C18H28N4O2/c23-11-8-17-14-22(20-19-17)13-16-6-9-21(10-7-16)18(24)12-15-4-2-1-3-5-15/h4,14,16,23H,1-3,5-13H2. The van der Waals surface area contributed by atoms with Crippen LogP contribution < -0.4 is 0 Å². The van der Waals surface area contributed by atoms with E-state index in [0.29, 0.717) is 24.7 Å². The SMILES string of the molecule is O=C(CC1=CCCCC1)N1CCC(Cn2cc(CCO)nn2)CC1. The molecule has 6 heteroatoms. The Labute approximate surface area is 143 Å². The highest BCUT2D eigenvalue weighted by molar-refractivity contribution is 5.78. The molecule has 132 valence electrons. The van der Waals surface area contributed by atoms with E-state index >= 15 is 0 Å². The molecule has 1 fully saturated rings. The number of aliphatic hydroxyl groups excluding tert-OH is 1. The third-order valence-electron chi connectivity index (χ3n) is 5.13. The van der Waals surface area contributed by atoms with E-state index in [1.54, 1.807) is 0 Å². The summed E-state index contributed by atoms with van der Waals surface area (Å²) < 4.78 is 1.87. The molecule has 24 heavy (non-hydrogen) atoms. The molecular weight excluding hydrogens is 304 g/mol. The summed E-state index contributed by atoms with van der Waals surface area (Å²) in [6.07, 6.45) is 12.2. The number of hydrogen-bond donors (Lipinski definition) is 1. The second-order valence-corrected chi connectivity index (χ2v) is 7.01. The van der Waals surface area contributed by atoms with Gasteiger partial charge in [-0.3, -0.25) is 9.48 Å². The normalized spacial score (nSPS) is 19.4. The fourth-order valence-electron chi connectivity index (χ4n) is 3.66. The van der Waals surface area contributed by atoms with Crippen molar-refractivity contribution in [3.05, 3.63) is 23.5 Å². The minimum Gasteiger partial charge on any atom is -0.396 e. The van der Waals surface area contributed by atoms with Gasteiger partial charge in [0.05, 0.1) is 5.69 Å². The van der Waals surface area contributed by atoms with Gasteiger partial charge in [-0.1, -0.05) is 16.9 Å². The molecule has 6 nitrogen and oxygen atoms in total. The molecular formula is C18H28N4O2. The molecule has 0 bridgehead atoms. The van der Waals surface area contributed by atoms with Crippen molar-refractivity contribution in [1.82, 2.24) is 19.9 Å². The molecule has 0 radical (unpaired) electrons. The van der Waals surface area contributed by atoms with Crippen molar-refractivity contribution in [3.63, 3.8) is 0 Å². The molecule has 0 spiro atoms. The summed E-state index contributed by atoms with van der Waals surface area (Å²) in [6, 6.07) is 0. The van der Waals surface area contributed by atoms with Gasteiger partial charge < -0.3 is 10.0 Å². The zero-order valence-electron chi connectivity index (χ0n) is 14.4. The Bertz CT molecular complexity index is 573. The molecule has 0 aromatic carbocycles. The second kappa shape index (κ2) is 8.42. The number of piperidine rings is 1.